The van der Waals surface area contributed by atoms with Crippen molar-refractivity contribution < 1.29 is 14.3 Å². The molecular weight excluding hydrogens is 268 g/mol. The smallest absolute Gasteiger partial charge is 0.331 e. The minimum Gasteiger partial charge on any atom is -0.464 e. The van der Waals surface area contributed by atoms with E-state index in [-0.39, 0.29) is 23.7 Å². The first-order valence-corrected chi connectivity index (χ1v) is 7.24. The zero-order chi connectivity index (χ0) is 15.6. The average molecular weight is 290 g/mol. The number of ether oxygens (including phenoxy) is 1. The van der Waals surface area contributed by atoms with Crippen LogP contribution in [0.3, 0.4) is 0 Å². The van der Waals surface area contributed by atoms with Crippen LogP contribution in [0.25, 0.3) is 0 Å². The van der Waals surface area contributed by atoms with Crippen molar-refractivity contribution in [2.24, 2.45) is 5.92 Å². The Bertz CT molecular complexity index is 528. The monoisotopic (exact) mass is 290 g/mol. The van der Waals surface area contributed by atoms with Crippen LogP contribution in [0.4, 0.5) is 0 Å². The van der Waals surface area contributed by atoms with Crippen LogP contribution in [0, 0.1) is 5.92 Å². The lowest BCUT2D eigenvalue weighted by Crippen LogP contribution is -2.52. The van der Waals surface area contributed by atoms with Gasteiger partial charge in [0.15, 0.2) is 0 Å². The molecule has 1 fully saturated rings. The number of hydrogen-bond acceptors (Lipinski definition) is 4. The van der Waals surface area contributed by atoms with E-state index in [1.165, 1.54) is 4.90 Å². The van der Waals surface area contributed by atoms with Gasteiger partial charge in [0.1, 0.15) is 5.54 Å². The molecule has 1 saturated carbocycles. The van der Waals surface area contributed by atoms with Gasteiger partial charge in [-0.05, 0) is 44.7 Å². The molecule has 1 aromatic heterocycles. The Labute approximate surface area is 125 Å². The van der Waals surface area contributed by atoms with Crippen LogP contribution in [0.1, 0.15) is 38.7 Å². The van der Waals surface area contributed by atoms with Crippen LogP contribution in [0.2, 0.25) is 0 Å². The van der Waals surface area contributed by atoms with E-state index >= 15 is 0 Å². The highest BCUT2D eigenvalue weighted by atomic mass is 16.5. The number of likely N-dealkylation sites (N-methyl/N-ethyl adjacent to an activating group) is 1. The van der Waals surface area contributed by atoms with E-state index in [4.69, 9.17) is 4.74 Å². The van der Waals surface area contributed by atoms with Gasteiger partial charge in [-0.2, -0.15) is 0 Å². The second-order valence-corrected chi connectivity index (χ2v) is 5.91. The van der Waals surface area contributed by atoms with Gasteiger partial charge in [0.2, 0.25) is 5.91 Å². The van der Waals surface area contributed by atoms with Gasteiger partial charge in [0.25, 0.3) is 0 Å². The lowest BCUT2D eigenvalue weighted by atomic mass is 10.0. The summed E-state index contributed by atoms with van der Waals surface area (Å²) in [5.74, 6) is -0.235. The van der Waals surface area contributed by atoms with Crippen molar-refractivity contribution in [1.82, 2.24) is 9.88 Å². The van der Waals surface area contributed by atoms with Gasteiger partial charge >= 0.3 is 5.97 Å². The lowest BCUT2D eigenvalue weighted by molar-refractivity contribution is -0.160. The largest absolute Gasteiger partial charge is 0.464 e. The van der Waals surface area contributed by atoms with Crippen molar-refractivity contribution in [2.75, 3.05) is 13.7 Å². The molecule has 0 saturated heterocycles. The minimum atomic E-state index is -0.949. The summed E-state index contributed by atoms with van der Waals surface area (Å²) >= 11 is 0. The van der Waals surface area contributed by atoms with E-state index < -0.39 is 5.54 Å². The van der Waals surface area contributed by atoms with Crippen LogP contribution in [0.5, 0.6) is 0 Å². The molecule has 0 radical (unpaired) electrons. The molecule has 0 spiro atoms. The van der Waals surface area contributed by atoms with Crippen LogP contribution >= 0.6 is 0 Å². The first kappa shape index (κ1) is 15.5. The molecule has 1 amide bonds. The second kappa shape index (κ2) is 5.84. The van der Waals surface area contributed by atoms with Gasteiger partial charge in [-0.15, -0.1) is 0 Å². The Balaban J connectivity index is 2.03. The third-order valence-electron chi connectivity index (χ3n) is 4.16. The molecule has 1 aromatic rings. The van der Waals surface area contributed by atoms with Crippen molar-refractivity contribution in [3.05, 3.63) is 30.1 Å². The molecule has 21 heavy (non-hydrogen) atoms. The summed E-state index contributed by atoms with van der Waals surface area (Å²) in [5.41, 5.74) is 0.132. The maximum atomic E-state index is 12.5. The highest BCUT2D eigenvalue weighted by Gasteiger charge is 2.49. The fourth-order valence-corrected chi connectivity index (χ4v) is 2.40. The van der Waals surface area contributed by atoms with Crippen LogP contribution in [-0.4, -0.2) is 41.0 Å². The van der Waals surface area contributed by atoms with Gasteiger partial charge in [0.05, 0.1) is 6.61 Å². The van der Waals surface area contributed by atoms with Gasteiger partial charge in [-0.3, -0.25) is 9.78 Å². The highest BCUT2D eigenvalue weighted by Crippen LogP contribution is 2.48. The quantitative estimate of drug-likeness (QED) is 0.778. The van der Waals surface area contributed by atoms with Crippen LogP contribution in [-0.2, 0) is 14.3 Å². The Morgan fingerprint density at radius 1 is 1.48 bits per heavy atom. The molecule has 2 unspecified atom stereocenters. The highest BCUT2D eigenvalue weighted by molar-refractivity contribution is 5.90. The molecule has 0 aromatic carbocycles. The SMILES string of the molecule is CCOC(=O)C(C)(C)N(C)C(=O)C1CC1c1cccnc1. The molecule has 2 atom stereocenters. The number of rotatable bonds is 5. The van der Waals surface area contributed by atoms with Crippen molar-refractivity contribution in [2.45, 2.75) is 38.6 Å². The maximum Gasteiger partial charge on any atom is 0.331 e. The number of carbonyl (C=O) groups excluding carboxylic acids is 2. The number of esters is 1. The molecule has 114 valence electrons. The minimum absolute atomic E-state index is 0.0121. The molecule has 0 aliphatic heterocycles. The van der Waals surface area contributed by atoms with Gasteiger partial charge in [-0.25, -0.2) is 4.79 Å². The van der Waals surface area contributed by atoms with Crippen LogP contribution in [0.15, 0.2) is 24.5 Å². The maximum absolute atomic E-state index is 12.5. The Hall–Kier alpha value is -1.91. The van der Waals surface area contributed by atoms with E-state index in [0.717, 1.165) is 12.0 Å². The molecular formula is C16H22N2O3. The molecule has 1 aliphatic rings. The van der Waals surface area contributed by atoms with Crippen molar-refractivity contribution >= 4 is 11.9 Å². The second-order valence-electron chi connectivity index (χ2n) is 5.91. The Morgan fingerprint density at radius 2 is 2.19 bits per heavy atom. The molecule has 1 aliphatic carbocycles. The van der Waals surface area contributed by atoms with Gasteiger partial charge in [-0.1, -0.05) is 6.07 Å². The number of aromatic nitrogens is 1. The number of pyridine rings is 1. The van der Waals surface area contributed by atoms with E-state index in [1.54, 1.807) is 40.2 Å². The summed E-state index contributed by atoms with van der Waals surface area (Å²) in [7, 11) is 1.66. The standard InChI is InChI=1S/C16H22N2O3/c1-5-21-15(20)16(2,3)18(4)14(19)13-9-12(13)11-7-6-8-17-10-11/h6-8,10,12-13H,5,9H2,1-4H3. The molecule has 0 N–H and O–H groups in total. The molecule has 2 rings (SSSR count). The predicted molar refractivity (Wildman–Crippen MR) is 78.6 cm³/mol. The fraction of sp³-hybridized carbons (Fsp3) is 0.562. The van der Waals surface area contributed by atoms with E-state index in [2.05, 4.69) is 4.98 Å². The van der Waals surface area contributed by atoms with E-state index in [9.17, 15) is 9.59 Å². The predicted octanol–water partition coefficient (Wildman–Crippen LogP) is 1.99. The first-order chi connectivity index (χ1) is 9.89. The number of amides is 1. The Kier molecular flexibility index (Phi) is 4.30. The fourth-order valence-electron chi connectivity index (χ4n) is 2.40. The third kappa shape index (κ3) is 3.06. The number of carbonyl (C=O) groups is 2. The summed E-state index contributed by atoms with van der Waals surface area (Å²) < 4.78 is 5.05. The molecule has 0 bridgehead atoms. The summed E-state index contributed by atoms with van der Waals surface area (Å²) in [6, 6.07) is 3.86. The normalized spacial score (nSPS) is 20.8. The number of nitrogens with zero attached hydrogens (tertiary/aromatic N) is 2. The summed E-state index contributed by atoms with van der Waals surface area (Å²) in [6.45, 7) is 5.50. The summed E-state index contributed by atoms with van der Waals surface area (Å²) in [6.07, 6.45) is 4.33. The van der Waals surface area contributed by atoms with E-state index in [0.29, 0.717) is 6.61 Å². The third-order valence-corrected chi connectivity index (χ3v) is 4.16. The van der Waals surface area contributed by atoms with Crippen molar-refractivity contribution in [1.29, 1.82) is 0 Å². The topological polar surface area (TPSA) is 59.5 Å². The van der Waals surface area contributed by atoms with E-state index in [1.807, 2.05) is 12.1 Å². The average Bonchev–Trinajstić information content (AvgIpc) is 3.27. The van der Waals surface area contributed by atoms with Gasteiger partial charge < -0.3 is 9.64 Å². The van der Waals surface area contributed by atoms with Crippen molar-refractivity contribution in [3.63, 3.8) is 0 Å². The van der Waals surface area contributed by atoms with Crippen molar-refractivity contribution in [3.8, 4) is 0 Å². The first-order valence-electron chi connectivity index (χ1n) is 7.24. The molecule has 5 heteroatoms. The zero-order valence-corrected chi connectivity index (χ0v) is 13.0. The lowest BCUT2D eigenvalue weighted by Gasteiger charge is -2.33. The molecule has 1 heterocycles. The Morgan fingerprint density at radius 3 is 2.76 bits per heavy atom. The summed E-state index contributed by atoms with van der Waals surface area (Å²) in [4.78, 5) is 30.1. The van der Waals surface area contributed by atoms with Gasteiger partial charge in [0, 0.05) is 25.4 Å². The zero-order valence-electron chi connectivity index (χ0n) is 13.0. The number of hydrogen-bond donors (Lipinski definition) is 0. The van der Waals surface area contributed by atoms with Crippen LogP contribution < -0.4 is 0 Å². The summed E-state index contributed by atoms with van der Waals surface area (Å²) in [5, 5.41) is 0. The molecule has 5 nitrogen and oxygen atoms in total.